The van der Waals surface area contributed by atoms with Gasteiger partial charge in [-0.2, -0.15) is 0 Å². The van der Waals surface area contributed by atoms with Crippen LogP contribution in [-0.4, -0.2) is 4.98 Å². The van der Waals surface area contributed by atoms with Gasteiger partial charge in [-0.1, -0.05) is 11.6 Å². The van der Waals surface area contributed by atoms with E-state index < -0.39 is 17.5 Å². The van der Waals surface area contributed by atoms with Crippen molar-refractivity contribution in [2.75, 3.05) is 0 Å². The molecule has 1 aliphatic carbocycles. The first-order valence-electron chi connectivity index (χ1n) is 5.74. The van der Waals surface area contributed by atoms with Crippen LogP contribution in [-0.2, 0) is 12.8 Å². The number of hydrogen-bond acceptors (Lipinski definition) is 1. The third-order valence-corrected chi connectivity index (χ3v) is 3.73. The lowest BCUT2D eigenvalue weighted by Crippen LogP contribution is -2.08. The first kappa shape index (κ1) is 11.8. The first-order valence-corrected chi connectivity index (χ1v) is 6.12. The van der Waals surface area contributed by atoms with Gasteiger partial charge in [-0.25, -0.2) is 18.2 Å². The molecule has 1 aliphatic rings. The van der Waals surface area contributed by atoms with Gasteiger partial charge in [0.1, 0.15) is 5.52 Å². The van der Waals surface area contributed by atoms with Gasteiger partial charge in [0.05, 0.1) is 10.4 Å². The molecule has 1 nitrogen and oxygen atoms in total. The molecule has 18 heavy (non-hydrogen) atoms. The third kappa shape index (κ3) is 1.59. The summed E-state index contributed by atoms with van der Waals surface area (Å²) >= 11 is 6.10. The standard InChI is InChI=1S/C13H9ClF3N/c14-11-6-3-1-2-4-9(6)18-13-8(16)5-7(15)12(17)10(11)13/h5H,1-4H2. The smallest absolute Gasteiger partial charge is 0.169 e. The molecule has 2 aromatic rings. The summed E-state index contributed by atoms with van der Waals surface area (Å²) in [4.78, 5) is 4.11. The van der Waals surface area contributed by atoms with Crippen molar-refractivity contribution in [1.29, 1.82) is 0 Å². The normalized spacial score (nSPS) is 14.9. The Kier molecular flexibility index (Phi) is 2.70. The van der Waals surface area contributed by atoms with Crippen LogP contribution in [0.2, 0.25) is 5.02 Å². The summed E-state index contributed by atoms with van der Waals surface area (Å²) in [7, 11) is 0. The van der Waals surface area contributed by atoms with Gasteiger partial charge in [0, 0.05) is 11.8 Å². The summed E-state index contributed by atoms with van der Waals surface area (Å²) in [5.74, 6) is -3.24. The molecule has 0 atom stereocenters. The van der Waals surface area contributed by atoms with E-state index in [0.717, 1.165) is 18.4 Å². The average molecular weight is 272 g/mol. The maximum Gasteiger partial charge on any atom is 0.169 e. The van der Waals surface area contributed by atoms with Gasteiger partial charge in [0.15, 0.2) is 17.5 Å². The topological polar surface area (TPSA) is 12.9 Å². The van der Waals surface area contributed by atoms with E-state index in [9.17, 15) is 13.2 Å². The van der Waals surface area contributed by atoms with E-state index in [0.29, 0.717) is 24.6 Å². The number of hydrogen-bond donors (Lipinski definition) is 0. The molecule has 1 aromatic heterocycles. The van der Waals surface area contributed by atoms with E-state index in [-0.39, 0.29) is 15.9 Å². The van der Waals surface area contributed by atoms with Crippen molar-refractivity contribution in [3.63, 3.8) is 0 Å². The highest BCUT2D eigenvalue weighted by Gasteiger charge is 2.22. The van der Waals surface area contributed by atoms with Gasteiger partial charge >= 0.3 is 0 Å². The van der Waals surface area contributed by atoms with Crippen LogP contribution in [0.25, 0.3) is 10.9 Å². The second-order valence-electron chi connectivity index (χ2n) is 4.44. The van der Waals surface area contributed by atoms with Crippen molar-refractivity contribution in [3.05, 3.63) is 39.8 Å². The van der Waals surface area contributed by atoms with E-state index in [2.05, 4.69) is 4.98 Å². The molecule has 0 saturated heterocycles. The Labute approximate surface area is 107 Å². The molecular weight excluding hydrogens is 263 g/mol. The molecule has 3 rings (SSSR count). The molecule has 0 unspecified atom stereocenters. The van der Waals surface area contributed by atoms with Crippen LogP contribution < -0.4 is 0 Å². The second-order valence-corrected chi connectivity index (χ2v) is 4.81. The number of nitrogens with zero attached hydrogens (tertiary/aromatic N) is 1. The van der Waals surface area contributed by atoms with Crippen LogP contribution in [0.1, 0.15) is 24.1 Å². The Hall–Kier alpha value is -1.29. The van der Waals surface area contributed by atoms with Crippen LogP contribution in [0.15, 0.2) is 6.07 Å². The fourth-order valence-electron chi connectivity index (χ4n) is 2.43. The number of rotatable bonds is 0. The number of aryl methyl sites for hydroxylation is 1. The molecule has 5 heteroatoms. The zero-order chi connectivity index (χ0) is 12.9. The Morgan fingerprint density at radius 1 is 1.06 bits per heavy atom. The minimum Gasteiger partial charge on any atom is -0.249 e. The van der Waals surface area contributed by atoms with E-state index in [4.69, 9.17) is 11.6 Å². The molecule has 94 valence electrons. The molecule has 0 bridgehead atoms. The lowest BCUT2D eigenvalue weighted by molar-refractivity contribution is 0.504. The quantitative estimate of drug-likeness (QED) is 0.655. The molecular formula is C13H9ClF3N. The van der Waals surface area contributed by atoms with E-state index >= 15 is 0 Å². The van der Waals surface area contributed by atoms with Gasteiger partial charge < -0.3 is 0 Å². The van der Waals surface area contributed by atoms with E-state index in [1.165, 1.54) is 0 Å². The second kappa shape index (κ2) is 4.12. The maximum atomic E-state index is 13.7. The monoisotopic (exact) mass is 271 g/mol. The van der Waals surface area contributed by atoms with Crippen molar-refractivity contribution in [2.24, 2.45) is 0 Å². The van der Waals surface area contributed by atoms with Crippen molar-refractivity contribution in [2.45, 2.75) is 25.7 Å². The van der Waals surface area contributed by atoms with Crippen LogP contribution in [0.3, 0.4) is 0 Å². The largest absolute Gasteiger partial charge is 0.249 e. The van der Waals surface area contributed by atoms with Crippen molar-refractivity contribution < 1.29 is 13.2 Å². The van der Waals surface area contributed by atoms with Crippen LogP contribution in [0, 0.1) is 17.5 Å². The lowest BCUT2D eigenvalue weighted by Gasteiger charge is -2.18. The zero-order valence-electron chi connectivity index (χ0n) is 9.36. The Bertz CT molecular complexity index is 655. The molecule has 0 N–H and O–H groups in total. The van der Waals surface area contributed by atoms with Gasteiger partial charge in [0.25, 0.3) is 0 Å². The maximum absolute atomic E-state index is 13.7. The zero-order valence-corrected chi connectivity index (χ0v) is 10.1. The molecule has 0 amide bonds. The van der Waals surface area contributed by atoms with Crippen LogP contribution in [0.5, 0.6) is 0 Å². The molecule has 0 saturated carbocycles. The lowest BCUT2D eigenvalue weighted by atomic mass is 9.94. The van der Waals surface area contributed by atoms with E-state index in [1.54, 1.807) is 0 Å². The molecule has 1 heterocycles. The minimum absolute atomic E-state index is 0.102. The number of halogens is 4. The van der Waals surface area contributed by atoms with Crippen LogP contribution in [0.4, 0.5) is 13.2 Å². The molecule has 0 radical (unpaired) electrons. The Balaban J connectivity index is 2.46. The fraction of sp³-hybridized carbons (Fsp3) is 0.308. The number of aromatic nitrogens is 1. The average Bonchev–Trinajstić information content (AvgIpc) is 2.36. The first-order chi connectivity index (χ1) is 8.59. The summed E-state index contributed by atoms with van der Waals surface area (Å²) in [6.45, 7) is 0. The highest BCUT2D eigenvalue weighted by atomic mass is 35.5. The molecule has 0 fully saturated rings. The Morgan fingerprint density at radius 3 is 2.56 bits per heavy atom. The highest BCUT2D eigenvalue weighted by Crippen LogP contribution is 2.35. The van der Waals surface area contributed by atoms with Gasteiger partial charge in [-0.05, 0) is 31.2 Å². The summed E-state index contributed by atoms with van der Waals surface area (Å²) < 4.78 is 40.6. The van der Waals surface area contributed by atoms with Crippen molar-refractivity contribution in [3.8, 4) is 0 Å². The summed E-state index contributed by atoms with van der Waals surface area (Å²) in [5.41, 5.74) is 1.24. The van der Waals surface area contributed by atoms with Gasteiger partial charge in [0.2, 0.25) is 0 Å². The number of benzene rings is 1. The van der Waals surface area contributed by atoms with Gasteiger partial charge in [-0.3, -0.25) is 0 Å². The summed E-state index contributed by atoms with van der Waals surface area (Å²) in [5, 5.41) is -0.139. The molecule has 1 aromatic carbocycles. The van der Waals surface area contributed by atoms with Crippen molar-refractivity contribution in [1.82, 2.24) is 4.98 Å². The SMILES string of the molecule is Fc1cc(F)c2nc3c(c(Cl)c2c1F)CCCC3. The minimum atomic E-state index is -1.24. The number of pyridine rings is 1. The predicted molar refractivity (Wildman–Crippen MR) is 63.3 cm³/mol. The fourth-order valence-corrected chi connectivity index (χ4v) is 2.81. The van der Waals surface area contributed by atoms with Gasteiger partial charge in [-0.15, -0.1) is 0 Å². The summed E-state index contributed by atoms with van der Waals surface area (Å²) in [6.07, 6.45) is 3.25. The highest BCUT2D eigenvalue weighted by molar-refractivity contribution is 6.36. The van der Waals surface area contributed by atoms with Crippen LogP contribution >= 0.6 is 11.6 Å². The number of fused-ring (bicyclic) bond motifs is 2. The third-order valence-electron chi connectivity index (χ3n) is 3.32. The Morgan fingerprint density at radius 2 is 1.78 bits per heavy atom. The van der Waals surface area contributed by atoms with E-state index in [1.807, 2.05) is 0 Å². The van der Waals surface area contributed by atoms with Crippen molar-refractivity contribution >= 4 is 22.5 Å². The molecule has 0 aliphatic heterocycles. The predicted octanol–water partition coefficient (Wildman–Crippen LogP) is 4.18. The molecule has 0 spiro atoms. The summed E-state index contributed by atoms with van der Waals surface area (Å²) in [6, 6.07) is 0.510.